The normalized spacial score (nSPS) is 35.3. The maximum absolute atomic E-state index is 12.2. The van der Waals surface area contributed by atoms with Gasteiger partial charge in [-0.25, -0.2) is 0 Å². The molecule has 0 aliphatic heterocycles. The summed E-state index contributed by atoms with van der Waals surface area (Å²) in [6.45, 7) is 4.49. The van der Waals surface area contributed by atoms with Gasteiger partial charge in [-0.15, -0.1) is 0 Å². The number of benzene rings is 1. The molecular formula is C23H32O3. The molecule has 0 bridgehead atoms. The van der Waals surface area contributed by atoms with Crippen LogP contribution < -0.4 is 0 Å². The maximum atomic E-state index is 12.2. The predicted octanol–water partition coefficient (Wildman–Crippen LogP) is 5.35. The zero-order chi connectivity index (χ0) is 18.3. The summed E-state index contributed by atoms with van der Waals surface area (Å²) >= 11 is 0. The number of unbranched alkanes of at least 4 members (excludes halogenated alkanes) is 1. The summed E-state index contributed by atoms with van der Waals surface area (Å²) in [5, 5.41) is 9.81. The lowest BCUT2D eigenvalue weighted by atomic mass is 9.55. The topological polar surface area (TPSA) is 46.5 Å². The van der Waals surface area contributed by atoms with Crippen molar-refractivity contribution in [1.82, 2.24) is 0 Å². The van der Waals surface area contributed by atoms with Crippen molar-refractivity contribution in [2.45, 2.75) is 83.7 Å². The molecule has 5 atom stereocenters. The van der Waals surface area contributed by atoms with Crippen LogP contribution in [0.5, 0.6) is 5.75 Å². The molecule has 3 nitrogen and oxygen atoms in total. The summed E-state index contributed by atoms with van der Waals surface area (Å²) in [7, 11) is 0. The SMILES string of the molecule is CCCCC(=O)O[C@H]1CC[C@H]2[C@@H]3CCc4cc(O)ccc4[C@@H]3CC[C@]12C. The Morgan fingerprint density at radius 2 is 2.12 bits per heavy atom. The van der Waals surface area contributed by atoms with E-state index < -0.39 is 0 Å². The highest BCUT2D eigenvalue weighted by atomic mass is 16.5. The first-order chi connectivity index (χ1) is 12.5. The molecule has 26 heavy (non-hydrogen) atoms. The lowest BCUT2D eigenvalue weighted by molar-refractivity contribution is -0.157. The Balaban J connectivity index is 1.51. The third kappa shape index (κ3) is 2.93. The molecule has 0 saturated heterocycles. The fourth-order valence-electron chi connectivity index (χ4n) is 6.25. The van der Waals surface area contributed by atoms with E-state index >= 15 is 0 Å². The maximum Gasteiger partial charge on any atom is 0.306 e. The second kappa shape index (κ2) is 6.90. The highest BCUT2D eigenvalue weighted by Crippen LogP contribution is 2.61. The summed E-state index contributed by atoms with van der Waals surface area (Å²) in [6.07, 6.45) is 9.47. The number of hydrogen-bond donors (Lipinski definition) is 1. The van der Waals surface area contributed by atoms with Crippen molar-refractivity contribution in [2.24, 2.45) is 17.3 Å². The van der Waals surface area contributed by atoms with Gasteiger partial charge in [-0.05, 0) is 86.0 Å². The van der Waals surface area contributed by atoms with E-state index in [-0.39, 0.29) is 17.5 Å². The lowest BCUT2D eigenvalue weighted by Gasteiger charge is -2.50. The summed E-state index contributed by atoms with van der Waals surface area (Å²) in [6, 6.07) is 5.97. The van der Waals surface area contributed by atoms with Gasteiger partial charge in [0.05, 0.1) is 0 Å². The number of aryl methyl sites for hydroxylation is 1. The van der Waals surface area contributed by atoms with Gasteiger partial charge < -0.3 is 9.84 Å². The minimum atomic E-state index is 0.00492. The largest absolute Gasteiger partial charge is 0.508 e. The Morgan fingerprint density at radius 1 is 1.27 bits per heavy atom. The van der Waals surface area contributed by atoms with E-state index in [0.717, 1.165) is 32.1 Å². The van der Waals surface area contributed by atoms with Crippen LogP contribution >= 0.6 is 0 Å². The number of ether oxygens (including phenoxy) is 1. The first-order valence-corrected chi connectivity index (χ1v) is 10.5. The van der Waals surface area contributed by atoms with E-state index in [9.17, 15) is 9.90 Å². The Kier molecular flexibility index (Phi) is 4.75. The molecule has 3 aliphatic carbocycles. The van der Waals surface area contributed by atoms with Crippen molar-refractivity contribution < 1.29 is 14.6 Å². The van der Waals surface area contributed by atoms with Crippen molar-refractivity contribution >= 4 is 5.97 Å². The van der Waals surface area contributed by atoms with Gasteiger partial charge in [0.2, 0.25) is 0 Å². The minimum absolute atomic E-state index is 0.00492. The molecule has 0 spiro atoms. The number of carbonyl (C=O) groups excluding carboxylic acids is 1. The Morgan fingerprint density at radius 3 is 2.92 bits per heavy atom. The quantitative estimate of drug-likeness (QED) is 0.740. The van der Waals surface area contributed by atoms with Crippen LogP contribution in [0.1, 0.15) is 82.3 Å². The Labute approximate surface area is 157 Å². The number of rotatable bonds is 4. The van der Waals surface area contributed by atoms with E-state index in [1.54, 1.807) is 0 Å². The Hall–Kier alpha value is -1.51. The molecule has 1 aromatic rings. The smallest absolute Gasteiger partial charge is 0.306 e. The number of carbonyl (C=O) groups is 1. The second-order valence-electron chi connectivity index (χ2n) is 9.00. The average molecular weight is 357 g/mol. The number of esters is 1. The van der Waals surface area contributed by atoms with Crippen LogP contribution in [0.4, 0.5) is 0 Å². The number of fused-ring (bicyclic) bond motifs is 5. The van der Waals surface area contributed by atoms with Crippen LogP contribution in [-0.2, 0) is 16.0 Å². The molecule has 0 amide bonds. The first-order valence-electron chi connectivity index (χ1n) is 10.5. The molecule has 0 unspecified atom stereocenters. The molecule has 0 heterocycles. The summed E-state index contributed by atoms with van der Waals surface area (Å²) in [4.78, 5) is 12.2. The van der Waals surface area contributed by atoms with E-state index in [2.05, 4.69) is 19.9 Å². The Bertz CT molecular complexity index is 682. The zero-order valence-corrected chi connectivity index (χ0v) is 16.2. The summed E-state index contributed by atoms with van der Waals surface area (Å²) in [5.74, 6) is 2.37. The van der Waals surface area contributed by atoms with Gasteiger partial charge in [-0.2, -0.15) is 0 Å². The zero-order valence-electron chi connectivity index (χ0n) is 16.2. The van der Waals surface area contributed by atoms with Crippen molar-refractivity contribution in [1.29, 1.82) is 0 Å². The molecule has 3 heteroatoms. The molecule has 142 valence electrons. The van der Waals surface area contributed by atoms with E-state index in [1.807, 2.05) is 12.1 Å². The number of phenolic OH excluding ortho intramolecular Hbond substituents is 1. The highest BCUT2D eigenvalue weighted by molar-refractivity contribution is 5.69. The average Bonchev–Trinajstić information content (AvgIpc) is 2.96. The third-order valence-corrected chi connectivity index (χ3v) is 7.63. The molecule has 3 aliphatic rings. The molecule has 1 N–H and O–H groups in total. The number of hydrogen-bond acceptors (Lipinski definition) is 3. The fourth-order valence-corrected chi connectivity index (χ4v) is 6.25. The van der Waals surface area contributed by atoms with Crippen LogP contribution in [0, 0.1) is 17.3 Å². The van der Waals surface area contributed by atoms with Crippen LogP contribution in [0.25, 0.3) is 0 Å². The van der Waals surface area contributed by atoms with E-state index in [4.69, 9.17) is 4.74 Å². The van der Waals surface area contributed by atoms with Gasteiger partial charge in [-0.3, -0.25) is 4.79 Å². The van der Waals surface area contributed by atoms with Crippen LogP contribution in [0.15, 0.2) is 18.2 Å². The molecule has 1 aromatic carbocycles. The third-order valence-electron chi connectivity index (χ3n) is 7.63. The van der Waals surface area contributed by atoms with Crippen LogP contribution in [-0.4, -0.2) is 17.2 Å². The molecule has 0 aromatic heterocycles. The molecule has 0 radical (unpaired) electrons. The van der Waals surface area contributed by atoms with Crippen molar-refractivity contribution in [3.8, 4) is 5.75 Å². The van der Waals surface area contributed by atoms with Gasteiger partial charge in [-0.1, -0.05) is 26.3 Å². The predicted molar refractivity (Wildman–Crippen MR) is 102 cm³/mol. The summed E-state index contributed by atoms with van der Waals surface area (Å²) in [5.41, 5.74) is 2.96. The summed E-state index contributed by atoms with van der Waals surface area (Å²) < 4.78 is 5.98. The first kappa shape index (κ1) is 17.9. The minimum Gasteiger partial charge on any atom is -0.508 e. The second-order valence-corrected chi connectivity index (χ2v) is 9.00. The van der Waals surface area contributed by atoms with Gasteiger partial charge in [0.25, 0.3) is 0 Å². The van der Waals surface area contributed by atoms with Gasteiger partial charge >= 0.3 is 5.97 Å². The number of aromatic hydroxyl groups is 1. The van der Waals surface area contributed by atoms with Crippen LogP contribution in [0.2, 0.25) is 0 Å². The molecule has 2 saturated carbocycles. The van der Waals surface area contributed by atoms with Crippen molar-refractivity contribution in [3.05, 3.63) is 29.3 Å². The van der Waals surface area contributed by atoms with Gasteiger partial charge in [0.1, 0.15) is 11.9 Å². The van der Waals surface area contributed by atoms with E-state index in [0.29, 0.717) is 29.9 Å². The van der Waals surface area contributed by atoms with Crippen molar-refractivity contribution in [2.75, 3.05) is 0 Å². The van der Waals surface area contributed by atoms with Gasteiger partial charge in [0.15, 0.2) is 0 Å². The van der Waals surface area contributed by atoms with Crippen molar-refractivity contribution in [3.63, 3.8) is 0 Å². The standard InChI is InChI=1S/C23H32O3/c1-3-4-5-22(25)26-21-11-10-20-19-8-6-15-14-16(24)7-9-17(15)18(19)12-13-23(20,21)2/h7,9,14,18-21,24H,3-6,8,10-13H2,1-2H3/t18-,19+,20-,21-,23-/m0/s1. The number of phenols is 1. The molecular weight excluding hydrogens is 324 g/mol. The van der Waals surface area contributed by atoms with Crippen LogP contribution in [0.3, 0.4) is 0 Å². The molecule has 2 fully saturated rings. The monoisotopic (exact) mass is 356 g/mol. The van der Waals surface area contributed by atoms with Gasteiger partial charge in [0, 0.05) is 11.8 Å². The fraction of sp³-hybridized carbons (Fsp3) is 0.696. The molecule has 4 rings (SSSR count). The van der Waals surface area contributed by atoms with E-state index in [1.165, 1.54) is 30.4 Å². The lowest BCUT2D eigenvalue weighted by Crippen LogP contribution is -2.45. The highest BCUT2D eigenvalue weighted by Gasteiger charge is 2.56.